The molecule has 0 spiro atoms. The van der Waals surface area contributed by atoms with Gasteiger partial charge >= 0.3 is 0 Å². The summed E-state index contributed by atoms with van der Waals surface area (Å²) in [6.07, 6.45) is 1.88. The van der Waals surface area contributed by atoms with Crippen LogP contribution in [0, 0.1) is 17.5 Å². The molecule has 0 amide bonds. The number of nitrogens with zero attached hydrogens (tertiary/aromatic N) is 1. The van der Waals surface area contributed by atoms with Crippen molar-refractivity contribution in [3.63, 3.8) is 0 Å². The van der Waals surface area contributed by atoms with Crippen LogP contribution in [0.5, 0.6) is 0 Å². The largest absolute Gasteiger partial charge is 0.335 e. The van der Waals surface area contributed by atoms with Gasteiger partial charge in [0.25, 0.3) is 0 Å². The normalized spacial score (nSPS) is 10.6. The van der Waals surface area contributed by atoms with Gasteiger partial charge in [-0.25, -0.2) is 4.39 Å². The maximum atomic E-state index is 13.0. The maximum Gasteiger partial charge on any atom is 0.181 e. The number of hydrogen-bond acceptors (Lipinski definition) is 1. The van der Waals surface area contributed by atoms with Gasteiger partial charge in [-0.15, -0.1) is 0 Å². The zero-order valence-corrected chi connectivity index (χ0v) is 10.3. The van der Waals surface area contributed by atoms with E-state index in [0.29, 0.717) is 9.24 Å². The first-order valence-corrected chi connectivity index (χ1v) is 5.52. The summed E-state index contributed by atoms with van der Waals surface area (Å²) in [5.74, 6) is -0.280. The minimum absolute atomic E-state index is 0.280. The minimum atomic E-state index is -0.280. The van der Waals surface area contributed by atoms with E-state index in [1.807, 2.05) is 13.1 Å². The second-order valence-electron chi connectivity index (χ2n) is 3.21. The SMILES string of the molecule is Cc1cn(-c2ccc(F)c(Br)c2)c(=S)[nH]1. The summed E-state index contributed by atoms with van der Waals surface area (Å²) in [5.41, 5.74) is 1.80. The van der Waals surface area contributed by atoms with E-state index in [-0.39, 0.29) is 5.82 Å². The van der Waals surface area contributed by atoms with Crippen LogP contribution < -0.4 is 0 Å². The highest BCUT2D eigenvalue weighted by Crippen LogP contribution is 2.19. The quantitative estimate of drug-likeness (QED) is 0.792. The van der Waals surface area contributed by atoms with Gasteiger partial charge in [0.2, 0.25) is 0 Å². The molecule has 0 saturated carbocycles. The van der Waals surface area contributed by atoms with Crippen molar-refractivity contribution in [3.05, 3.63) is 45.2 Å². The summed E-state index contributed by atoms with van der Waals surface area (Å²) in [6, 6.07) is 4.78. The van der Waals surface area contributed by atoms with Crippen LogP contribution in [0.2, 0.25) is 0 Å². The zero-order chi connectivity index (χ0) is 11.0. The van der Waals surface area contributed by atoms with Gasteiger partial charge in [0.15, 0.2) is 4.77 Å². The molecule has 1 aromatic carbocycles. The molecule has 2 aromatic rings. The lowest BCUT2D eigenvalue weighted by Gasteiger charge is -2.03. The molecule has 0 unspecified atom stereocenters. The number of aryl methyl sites for hydroxylation is 1. The molecule has 0 atom stereocenters. The lowest BCUT2D eigenvalue weighted by Crippen LogP contribution is -1.92. The second kappa shape index (κ2) is 3.90. The van der Waals surface area contributed by atoms with Gasteiger partial charge < -0.3 is 4.98 Å². The third-order valence-electron chi connectivity index (χ3n) is 2.03. The third kappa shape index (κ3) is 2.03. The highest BCUT2D eigenvalue weighted by molar-refractivity contribution is 9.10. The van der Waals surface area contributed by atoms with Crippen LogP contribution in [0.4, 0.5) is 4.39 Å². The van der Waals surface area contributed by atoms with E-state index >= 15 is 0 Å². The average molecular weight is 287 g/mol. The van der Waals surface area contributed by atoms with E-state index < -0.39 is 0 Å². The van der Waals surface area contributed by atoms with Crippen molar-refractivity contribution in [1.29, 1.82) is 0 Å². The summed E-state index contributed by atoms with van der Waals surface area (Å²) < 4.78 is 15.9. The predicted molar refractivity (Wildman–Crippen MR) is 63.3 cm³/mol. The van der Waals surface area contributed by atoms with Crippen LogP contribution in [-0.4, -0.2) is 9.55 Å². The lowest BCUT2D eigenvalue weighted by molar-refractivity contribution is 0.620. The first kappa shape index (κ1) is 10.6. The Kier molecular flexibility index (Phi) is 2.75. The first-order chi connectivity index (χ1) is 7.08. The number of aromatic amines is 1. The van der Waals surface area contributed by atoms with Gasteiger partial charge in [-0.05, 0) is 53.3 Å². The molecular weight excluding hydrogens is 279 g/mol. The van der Waals surface area contributed by atoms with Gasteiger partial charge in [-0.1, -0.05) is 0 Å². The Hall–Kier alpha value is -0.940. The van der Waals surface area contributed by atoms with E-state index in [2.05, 4.69) is 20.9 Å². The zero-order valence-electron chi connectivity index (χ0n) is 7.92. The molecule has 0 fully saturated rings. The number of nitrogens with one attached hydrogen (secondary N) is 1. The Bertz CT molecular complexity index is 559. The standard InChI is InChI=1S/C10H8BrFN2S/c1-6-5-14(10(15)13-6)7-2-3-9(12)8(11)4-7/h2-5H,1H3,(H,13,15). The molecule has 0 radical (unpaired) electrons. The van der Waals surface area contributed by atoms with Crippen molar-refractivity contribution in [3.8, 4) is 5.69 Å². The van der Waals surface area contributed by atoms with Gasteiger partial charge in [0.1, 0.15) is 5.82 Å². The van der Waals surface area contributed by atoms with Crippen molar-refractivity contribution in [1.82, 2.24) is 9.55 Å². The van der Waals surface area contributed by atoms with Crippen molar-refractivity contribution in [2.75, 3.05) is 0 Å². The Balaban J connectivity index is 2.59. The number of halogens is 2. The Morgan fingerprint density at radius 1 is 1.47 bits per heavy atom. The van der Waals surface area contributed by atoms with Gasteiger partial charge in [0, 0.05) is 17.6 Å². The molecule has 1 heterocycles. The fraction of sp³-hybridized carbons (Fsp3) is 0.100. The smallest absolute Gasteiger partial charge is 0.181 e. The van der Waals surface area contributed by atoms with Crippen molar-refractivity contribution < 1.29 is 4.39 Å². The summed E-state index contributed by atoms with van der Waals surface area (Å²) in [6.45, 7) is 1.92. The van der Waals surface area contributed by atoms with Crippen LogP contribution in [0.3, 0.4) is 0 Å². The Morgan fingerprint density at radius 2 is 2.20 bits per heavy atom. The summed E-state index contributed by atoms with van der Waals surface area (Å²) in [5, 5.41) is 0. The predicted octanol–water partition coefficient (Wildman–Crippen LogP) is 3.74. The van der Waals surface area contributed by atoms with E-state index in [1.165, 1.54) is 6.07 Å². The minimum Gasteiger partial charge on any atom is -0.335 e. The van der Waals surface area contributed by atoms with E-state index in [4.69, 9.17) is 12.2 Å². The monoisotopic (exact) mass is 286 g/mol. The van der Waals surface area contributed by atoms with Crippen LogP contribution in [0.25, 0.3) is 5.69 Å². The van der Waals surface area contributed by atoms with Crippen LogP contribution >= 0.6 is 28.1 Å². The number of aromatic nitrogens is 2. The molecule has 2 rings (SSSR count). The molecule has 0 bridgehead atoms. The van der Waals surface area contributed by atoms with Gasteiger partial charge in [0.05, 0.1) is 4.47 Å². The molecule has 0 aliphatic heterocycles. The number of benzene rings is 1. The molecule has 0 aliphatic carbocycles. The first-order valence-electron chi connectivity index (χ1n) is 4.31. The topological polar surface area (TPSA) is 20.7 Å². The summed E-state index contributed by atoms with van der Waals surface area (Å²) >= 11 is 8.27. The van der Waals surface area contributed by atoms with E-state index in [0.717, 1.165) is 11.4 Å². The fourth-order valence-electron chi connectivity index (χ4n) is 1.34. The highest BCUT2D eigenvalue weighted by atomic mass is 79.9. The molecule has 0 saturated heterocycles. The summed E-state index contributed by atoms with van der Waals surface area (Å²) in [7, 11) is 0. The van der Waals surface area contributed by atoms with Crippen molar-refractivity contribution in [2.24, 2.45) is 0 Å². The molecule has 1 aromatic heterocycles. The molecule has 5 heteroatoms. The maximum absolute atomic E-state index is 13.0. The average Bonchev–Trinajstić information content (AvgIpc) is 2.50. The fourth-order valence-corrected chi connectivity index (χ4v) is 2.03. The number of H-pyrrole nitrogens is 1. The summed E-state index contributed by atoms with van der Waals surface area (Å²) in [4.78, 5) is 3.01. The van der Waals surface area contributed by atoms with Crippen LogP contribution in [-0.2, 0) is 0 Å². The van der Waals surface area contributed by atoms with Gasteiger partial charge in [-0.3, -0.25) is 4.57 Å². The third-order valence-corrected chi connectivity index (χ3v) is 2.93. The van der Waals surface area contributed by atoms with Crippen molar-refractivity contribution >= 4 is 28.1 Å². The van der Waals surface area contributed by atoms with Crippen LogP contribution in [0.1, 0.15) is 5.69 Å². The lowest BCUT2D eigenvalue weighted by atomic mass is 10.3. The van der Waals surface area contributed by atoms with E-state index in [1.54, 1.807) is 16.7 Å². The molecule has 1 N–H and O–H groups in total. The van der Waals surface area contributed by atoms with E-state index in [9.17, 15) is 4.39 Å². The molecule has 0 aliphatic rings. The molecule has 78 valence electrons. The highest BCUT2D eigenvalue weighted by Gasteiger charge is 2.03. The molecule has 15 heavy (non-hydrogen) atoms. The molecular formula is C10H8BrFN2S. The number of rotatable bonds is 1. The van der Waals surface area contributed by atoms with Gasteiger partial charge in [-0.2, -0.15) is 0 Å². The number of imidazole rings is 1. The van der Waals surface area contributed by atoms with Crippen LogP contribution in [0.15, 0.2) is 28.9 Å². The Labute approximate surface area is 99.9 Å². The van der Waals surface area contributed by atoms with Crippen molar-refractivity contribution in [2.45, 2.75) is 6.92 Å². The number of hydrogen-bond donors (Lipinski definition) is 1. The Morgan fingerprint density at radius 3 is 2.73 bits per heavy atom. The molecule has 2 nitrogen and oxygen atoms in total. The second-order valence-corrected chi connectivity index (χ2v) is 4.45.